The third-order valence-electron chi connectivity index (χ3n) is 4.68. The van der Waals surface area contributed by atoms with Gasteiger partial charge < -0.3 is 15.0 Å². The minimum Gasteiger partial charge on any atom is -0.497 e. The van der Waals surface area contributed by atoms with Crippen molar-refractivity contribution in [3.05, 3.63) is 48.2 Å². The third kappa shape index (κ3) is 5.29. The van der Waals surface area contributed by atoms with Crippen LogP contribution in [0.15, 0.2) is 42.6 Å². The summed E-state index contributed by atoms with van der Waals surface area (Å²) in [6.45, 7) is 2.09. The van der Waals surface area contributed by atoms with Gasteiger partial charge in [0, 0.05) is 31.5 Å². The molecule has 1 saturated heterocycles. The molecule has 1 aromatic heterocycles. The molecule has 0 aliphatic carbocycles. The van der Waals surface area contributed by atoms with Crippen LogP contribution in [0, 0.1) is 0 Å². The van der Waals surface area contributed by atoms with E-state index in [2.05, 4.69) is 15.2 Å². The Labute approximate surface area is 159 Å². The lowest BCUT2D eigenvalue weighted by molar-refractivity contribution is -0.116. The number of pyridine rings is 1. The van der Waals surface area contributed by atoms with Gasteiger partial charge in [-0.15, -0.1) is 0 Å². The maximum absolute atomic E-state index is 12.2. The Morgan fingerprint density at radius 1 is 1.07 bits per heavy atom. The summed E-state index contributed by atoms with van der Waals surface area (Å²) in [5.41, 5.74) is 1.32. The zero-order valence-corrected chi connectivity index (χ0v) is 15.6. The van der Waals surface area contributed by atoms with Gasteiger partial charge in [-0.3, -0.25) is 9.59 Å². The summed E-state index contributed by atoms with van der Waals surface area (Å²) in [7, 11) is 1.59. The number of ketones is 1. The Balaban J connectivity index is 1.41. The Morgan fingerprint density at radius 3 is 2.44 bits per heavy atom. The van der Waals surface area contributed by atoms with Gasteiger partial charge >= 0.3 is 0 Å². The lowest BCUT2D eigenvalue weighted by Crippen LogP contribution is -2.19. The van der Waals surface area contributed by atoms with Crippen molar-refractivity contribution < 1.29 is 14.3 Å². The molecule has 0 radical (unpaired) electrons. The van der Waals surface area contributed by atoms with E-state index < -0.39 is 0 Å². The number of nitrogens with zero attached hydrogens (tertiary/aromatic N) is 2. The van der Waals surface area contributed by atoms with Crippen LogP contribution in [0.3, 0.4) is 0 Å². The van der Waals surface area contributed by atoms with E-state index in [-0.39, 0.29) is 11.7 Å². The fourth-order valence-electron chi connectivity index (χ4n) is 3.15. The van der Waals surface area contributed by atoms with Crippen molar-refractivity contribution >= 4 is 23.2 Å². The van der Waals surface area contributed by atoms with Gasteiger partial charge in [0.15, 0.2) is 5.78 Å². The van der Waals surface area contributed by atoms with E-state index in [9.17, 15) is 9.59 Å². The molecule has 0 spiro atoms. The van der Waals surface area contributed by atoms with Crippen LogP contribution in [-0.4, -0.2) is 36.9 Å². The summed E-state index contributed by atoms with van der Waals surface area (Å²) in [5, 5.41) is 2.84. The topological polar surface area (TPSA) is 71.5 Å². The van der Waals surface area contributed by atoms with E-state index >= 15 is 0 Å². The van der Waals surface area contributed by atoms with Crippen molar-refractivity contribution in [2.45, 2.75) is 32.1 Å². The minimum absolute atomic E-state index is 0.0297. The van der Waals surface area contributed by atoms with Gasteiger partial charge in [0.1, 0.15) is 11.6 Å². The highest BCUT2D eigenvalue weighted by molar-refractivity contribution is 5.96. The normalized spacial score (nSPS) is 13.4. The largest absolute Gasteiger partial charge is 0.497 e. The van der Waals surface area contributed by atoms with Crippen LogP contribution in [0.2, 0.25) is 0 Å². The first-order valence-corrected chi connectivity index (χ1v) is 9.34. The average Bonchev–Trinajstić information content (AvgIpc) is 3.23. The fourth-order valence-corrected chi connectivity index (χ4v) is 3.15. The van der Waals surface area contributed by atoms with Gasteiger partial charge in [0.2, 0.25) is 5.91 Å². The van der Waals surface area contributed by atoms with Gasteiger partial charge in [0.25, 0.3) is 0 Å². The number of aromatic nitrogens is 1. The third-order valence-corrected chi connectivity index (χ3v) is 4.68. The molecular formula is C21H25N3O3. The van der Waals surface area contributed by atoms with Crippen molar-refractivity contribution in [3.8, 4) is 5.75 Å². The number of carbonyl (C=O) groups is 2. The van der Waals surface area contributed by atoms with Crippen LogP contribution < -0.4 is 15.0 Å². The van der Waals surface area contributed by atoms with Crippen LogP contribution in [0.1, 0.15) is 42.5 Å². The van der Waals surface area contributed by atoms with E-state index in [0.717, 1.165) is 24.7 Å². The van der Waals surface area contributed by atoms with Crippen LogP contribution in [0.5, 0.6) is 5.75 Å². The second kappa shape index (κ2) is 9.16. The Kier molecular flexibility index (Phi) is 6.41. The monoisotopic (exact) mass is 367 g/mol. The molecular weight excluding hydrogens is 342 g/mol. The minimum atomic E-state index is -0.103. The maximum atomic E-state index is 12.2. The smallest absolute Gasteiger partial charge is 0.224 e. The van der Waals surface area contributed by atoms with Crippen LogP contribution >= 0.6 is 0 Å². The first kappa shape index (κ1) is 18.9. The number of benzene rings is 1. The second-order valence-corrected chi connectivity index (χ2v) is 6.65. The molecule has 0 bridgehead atoms. The van der Waals surface area contributed by atoms with Crippen molar-refractivity contribution in [2.24, 2.45) is 0 Å². The van der Waals surface area contributed by atoms with Crippen molar-refractivity contribution in [1.29, 1.82) is 0 Å². The van der Waals surface area contributed by atoms with Gasteiger partial charge in [0.05, 0.1) is 19.0 Å². The van der Waals surface area contributed by atoms with Crippen molar-refractivity contribution in [2.75, 3.05) is 30.4 Å². The van der Waals surface area contributed by atoms with Crippen LogP contribution in [-0.2, 0) is 4.79 Å². The number of nitrogens with one attached hydrogen (secondary N) is 1. The number of hydrogen-bond donors (Lipinski definition) is 1. The number of amides is 1. The first-order valence-electron chi connectivity index (χ1n) is 9.34. The van der Waals surface area contributed by atoms with E-state index in [0.29, 0.717) is 30.5 Å². The summed E-state index contributed by atoms with van der Waals surface area (Å²) < 4.78 is 5.08. The molecule has 2 heterocycles. The molecule has 0 saturated carbocycles. The predicted molar refractivity (Wildman–Crippen MR) is 105 cm³/mol. The molecule has 2 aromatic rings. The Hall–Kier alpha value is -2.89. The number of anilines is 2. The fraction of sp³-hybridized carbons (Fsp3) is 0.381. The number of hydrogen-bond acceptors (Lipinski definition) is 5. The molecule has 1 aromatic carbocycles. The van der Waals surface area contributed by atoms with Gasteiger partial charge in [-0.05, 0) is 55.7 Å². The number of carbonyl (C=O) groups excluding carboxylic acids is 2. The van der Waals surface area contributed by atoms with Gasteiger partial charge in [-0.1, -0.05) is 0 Å². The molecule has 142 valence electrons. The summed E-state index contributed by atoms with van der Waals surface area (Å²) in [4.78, 5) is 30.9. The highest BCUT2D eigenvalue weighted by Crippen LogP contribution is 2.19. The molecule has 1 N–H and O–H groups in total. The number of Topliss-reactive ketones (excluding diaryl/α,β-unsaturated/α-hetero) is 1. The predicted octanol–water partition coefficient (Wildman–Crippen LogP) is 3.68. The van der Waals surface area contributed by atoms with Crippen molar-refractivity contribution in [1.82, 2.24) is 4.98 Å². The number of rotatable bonds is 8. The Bertz CT molecular complexity index is 766. The van der Waals surface area contributed by atoms with Crippen LogP contribution in [0.25, 0.3) is 0 Å². The SMILES string of the molecule is COc1ccc(C(=O)CCCC(=O)Nc2ccc(N3CCCC3)nc2)cc1. The number of methoxy groups -OCH3 is 1. The van der Waals surface area contributed by atoms with Gasteiger partial charge in [-0.2, -0.15) is 0 Å². The molecule has 6 heteroatoms. The standard InChI is InChI=1S/C21H25N3O3/c1-27-18-10-7-16(8-11-18)19(25)5-4-6-21(26)23-17-9-12-20(22-15-17)24-13-2-3-14-24/h7-12,15H,2-6,13-14H2,1H3,(H,23,26). The molecule has 0 unspecified atom stereocenters. The lowest BCUT2D eigenvalue weighted by Gasteiger charge is -2.16. The number of ether oxygens (including phenoxy) is 1. The summed E-state index contributed by atoms with van der Waals surface area (Å²) >= 11 is 0. The highest BCUT2D eigenvalue weighted by Gasteiger charge is 2.13. The van der Waals surface area contributed by atoms with Gasteiger partial charge in [-0.25, -0.2) is 4.98 Å². The molecule has 1 fully saturated rings. The Morgan fingerprint density at radius 2 is 1.81 bits per heavy atom. The molecule has 0 atom stereocenters. The summed E-state index contributed by atoms with van der Waals surface area (Å²) in [6.07, 6.45) is 5.25. The molecule has 1 aliphatic heterocycles. The first-order chi connectivity index (χ1) is 13.2. The van der Waals surface area contributed by atoms with E-state index in [1.165, 1.54) is 12.8 Å². The highest BCUT2D eigenvalue weighted by atomic mass is 16.5. The molecule has 27 heavy (non-hydrogen) atoms. The quantitative estimate of drug-likeness (QED) is 0.721. The molecule has 1 amide bonds. The van der Waals surface area contributed by atoms with E-state index in [1.54, 1.807) is 37.6 Å². The molecule has 6 nitrogen and oxygen atoms in total. The van der Waals surface area contributed by atoms with E-state index in [1.807, 2.05) is 12.1 Å². The maximum Gasteiger partial charge on any atom is 0.224 e. The second-order valence-electron chi connectivity index (χ2n) is 6.65. The summed E-state index contributed by atoms with van der Waals surface area (Å²) in [5.74, 6) is 1.60. The zero-order chi connectivity index (χ0) is 19.1. The summed E-state index contributed by atoms with van der Waals surface area (Å²) in [6, 6.07) is 10.8. The molecule has 1 aliphatic rings. The van der Waals surface area contributed by atoms with E-state index in [4.69, 9.17) is 4.74 Å². The van der Waals surface area contributed by atoms with Crippen molar-refractivity contribution in [3.63, 3.8) is 0 Å². The van der Waals surface area contributed by atoms with Crippen LogP contribution in [0.4, 0.5) is 11.5 Å². The molecule has 3 rings (SSSR count). The lowest BCUT2D eigenvalue weighted by atomic mass is 10.1. The zero-order valence-electron chi connectivity index (χ0n) is 15.6. The average molecular weight is 367 g/mol.